The standard InChI is InChI=1S/C11H12BrF2NO/c12-8-1-2-10(9(7-8)11(13)14)15-3-5-16-6-4-15/h1-2,7,11H,3-6H2. The number of halogens is 3. The van der Waals surface area contributed by atoms with E-state index in [4.69, 9.17) is 4.74 Å². The van der Waals surface area contributed by atoms with E-state index in [0.717, 1.165) is 0 Å². The molecule has 1 heterocycles. The third-order valence-electron chi connectivity index (χ3n) is 2.58. The maximum absolute atomic E-state index is 12.9. The van der Waals surface area contributed by atoms with Crippen molar-refractivity contribution in [2.75, 3.05) is 31.2 Å². The lowest BCUT2D eigenvalue weighted by molar-refractivity contribution is 0.121. The summed E-state index contributed by atoms with van der Waals surface area (Å²) in [6.45, 7) is 2.53. The van der Waals surface area contributed by atoms with Crippen molar-refractivity contribution in [2.45, 2.75) is 6.43 Å². The molecule has 2 rings (SSSR count). The minimum atomic E-state index is -2.45. The van der Waals surface area contributed by atoms with E-state index in [-0.39, 0.29) is 5.56 Å². The van der Waals surface area contributed by atoms with Gasteiger partial charge in [-0.25, -0.2) is 8.78 Å². The number of rotatable bonds is 2. The van der Waals surface area contributed by atoms with Crippen LogP contribution < -0.4 is 4.90 Å². The molecule has 16 heavy (non-hydrogen) atoms. The molecule has 1 saturated heterocycles. The Balaban J connectivity index is 2.31. The quantitative estimate of drug-likeness (QED) is 0.830. The molecule has 0 atom stereocenters. The molecular formula is C11H12BrF2NO. The first-order chi connectivity index (χ1) is 7.68. The van der Waals surface area contributed by atoms with Crippen LogP contribution in [0.15, 0.2) is 22.7 Å². The molecule has 1 aliphatic heterocycles. The molecule has 2 nitrogen and oxygen atoms in total. The molecule has 1 aromatic rings. The van der Waals surface area contributed by atoms with Crippen molar-refractivity contribution < 1.29 is 13.5 Å². The van der Waals surface area contributed by atoms with Crippen molar-refractivity contribution in [3.05, 3.63) is 28.2 Å². The molecule has 5 heteroatoms. The summed E-state index contributed by atoms with van der Waals surface area (Å²) in [6.07, 6.45) is -2.45. The Bertz CT molecular complexity index is 367. The largest absolute Gasteiger partial charge is 0.378 e. The number of morpholine rings is 1. The Morgan fingerprint density at radius 1 is 1.25 bits per heavy atom. The van der Waals surface area contributed by atoms with Crippen molar-refractivity contribution in [3.63, 3.8) is 0 Å². The average molecular weight is 292 g/mol. The van der Waals surface area contributed by atoms with E-state index in [9.17, 15) is 8.78 Å². The lowest BCUT2D eigenvalue weighted by Crippen LogP contribution is -2.36. The fraction of sp³-hybridized carbons (Fsp3) is 0.455. The molecule has 1 fully saturated rings. The normalized spacial score (nSPS) is 16.9. The van der Waals surface area contributed by atoms with Gasteiger partial charge in [-0.1, -0.05) is 15.9 Å². The van der Waals surface area contributed by atoms with Gasteiger partial charge >= 0.3 is 0 Å². The number of hydrogen-bond acceptors (Lipinski definition) is 2. The third kappa shape index (κ3) is 2.52. The van der Waals surface area contributed by atoms with Gasteiger partial charge in [-0.15, -0.1) is 0 Å². The van der Waals surface area contributed by atoms with Crippen LogP contribution in [0.25, 0.3) is 0 Å². The van der Waals surface area contributed by atoms with E-state index in [2.05, 4.69) is 15.9 Å². The Labute approximate surface area is 101 Å². The zero-order valence-electron chi connectivity index (χ0n) is 8.63. The summed E-state index contributed by atoms with van der Waals surface area (Å²) >= 11 is 3.21. The van der Waals surface area contributed by atoms with Gasteiger partial charge in [0.2, 0.25) is 0 Å². The second-order valence-electron chi connectivity index (χ2n) is 3.60. The summed E-state index contributed by atoms with van der Waals surface area (Å²) in [5, 5.41) is 0. The van der Waals surface area contributed by atoms with E-state index >= 15 is 0 Å². The lowest BCUT2D eigenvalue weighted by atomic mass is 10.1. The maximum Gasteiger partial charge on any atom is 0.265 e. The predicted octanol–water partition coefficient (Wildman–Crippen LogP) is 3.22. The van der Waals surface area contributed by atoms with E-state index in [1.54, 1.807) is 12.1 Å². The van der Waals surface area contributed by atoms with Crippen molar-refractivity contribution in [1.82, 2.24) is 0 Å². The van der Waals surface area contributed by atoms with Crippen LogP contribution in [0.3, 0.4) is 0 Å². The summed E-state index contributed by atoms with van der Waals surface area (Å²) < 4.78 is 31.7. The van der Waals surface area contributed by atoms with Gasteiger partial charge in [0, 0.05) is 28.8 Å². The van der Waals surface area contributed by atoms with Gasteiger partial charge in [0.1, 0.15) is 0 Å². The zero-order chi connectivity index (χ0) is 11.5. The SMILES string of the molecule is FC(F)c1cc(Br)ccc1N1CCOCC1. The number of ether oxygens (including phenoxy) is 1. The number of alkyl halides is 2. The van der Waals surface area contributed by atoms with E-state index in [1.807, 2.05) is 4.90 Å². The highest BCUT2D eigenvalue weighted by atomic mass is 79.9. The summed E-state index contributed by atoms with van der Waals surface area (Å²) in [5.74, 6) is 0. The number of anilines is 1. The van der Waals surface area contributed by atoms with Crippen molar-refractivity contribution >= 4 is 21.6 Å². The first kappa shape index (κ1) is 11.8. The van der Waals surface area contributed by atoms with Crippen molar-refractivity contribution in [3.8, 4) is 0 Å². The molecule has 0 unspecified atom stereocenters. The minimum Gasteiger partial charge on any atom is -0.378 e. The van der Waals surface area contributed by atoms with Crippen LogP contribution in [0.4, 0.5) is 14.5 Å². The molecule has 0 aromatic heterocycles. The molecule has 0 saturated carbocycles. The van der Waals surface area contributed by atoms with Gasteiger partial charge < -0.3 is 9.64 Å². The fourth-order valence-corrected chi connectivity index (χ4v) is 2.17. The molecule has 0 N–H and O–H groups in total. The number of hydrogen-bond donors (Lipinski definition) is 0. The highest BCUT2D eigenvalue weighted by Crippen LogP contribution is 2.32. The van der Waals surface area contributed by atoms with Gasteiger partial charge in [0.05, 0.1) is 13.2 Å². The molecule has 0 spiro atoms. The van der Waals surface area contributed by atoms with Gasteiger partial charge in [0.15, 0.2) is 0 Å². The number of nitrogens with zero attached hydrogens (tertiary/aromatic N) is 1. The van der Waals surface area contributed by atoms with Crippen LogP contribution in [0.2, 0.25) is 0 Å². The highest BCUT2D eigenvalue weighted by Gasteiger charge is 2.19. The fourth-order valence-electron chi connectivity index (χ4n) is 1.79. The Kier molecular flexibility index (Phi) is 3.76. The molecule has 0 amide bonds. The van der Waals surface area contributed by atoms with Crippen molar-refractivity contribution in [1.29, 1.82) is 0 Å². The summed E-state index contributed by atoms with van der Waals surface area (Å²) in [6, 6.07) is 5.00. The molecule has 1 aromatic carbocycles. The van der Waals surface area contributed by atoms with Crippen LogP contribution in [0.1, 0.15) is 12.0 Å². The third-order valence-corrected chi connectivity index (χ3v) is 3.07. The van der Waals surface area contributed by atoms with Crippen LogP contribution in [-0.4, -0.2) is 26.3 Å². The van der Waals surface area contributed by atoms with E-state index in [0.29, 0.717) is 36.5 Å². The minimum absolute atomic E-state index is 0.0799. The Morgan fingerprint density at radius 3 is 2.56 bits per heavy atom. The van der Waals surface area contributed by atoms with Crippen LogP contribution in [-0.2, 0) is 4.74 Å². The monoisotopic (exact) mass is 291 g/mol. The molecule has 0 aliphatic carbocycles. The Morgan fingerprint density at radius 2 is 1.94 bits per heavy atom. The average Bonchev–Trinajstić information content (AvgIpc) is 2.30. The van der Waals surface area contributed by atoms with Gasteiger partial charge in [-0.3, -0.25) is 0 Å². The van der Waals surface area contributed by atoms with Gasteiger partial charge in [-0.05, 0) is 18.2 Å². The smallest absolute Gasteiger partial charge is 0.265 e. The maximum atomic E-state index is 12.9. The predicted molar refractivity (Wildman–Crippen MR) is 62.1 cm³/mol. The van der Waals surface area contributed by atoms with Gasteiger partial charge in [0.25, 0.3) is 6.43 Å². The van der Waals surface area contributed by atoms with E-state index in [1.165, 1.54) is 6.07 Å². The zero-order valence-corrected chi connectivity index (χ0v) is 10.2. The summed E-state index contributed by atoms with van der Waals surface area (Å²) in [5.41, 5.74) is 0.692. The molecule has 0 bridgehead atoms. The molecule has 1 aliphatic rings. The van der Waals surface area contributed by atoms with Crippen LogP contribution in [0, 0.1) is 0 Å². The summed E-state index contributed by atoms with van der Waals surface area (Å²) in [7, 11) is 0. The highest BCUT2D eigenvalue weighted by molar-refractivity contribution is 9.10. The molecular weight excluding hydrogens is 280 g/mol. The Hall–Kier alpha value is -0.680. The second-order valence-corrected chi connectivity index (χ2v) is 4.52. The molecule has 0 radical (unpaired) electrons. The second kappa shape index (κ2) is 5.10. The van der Waals surface area contributed by atoms with Gasteiger partial charge in [-0.2, -0.15) is 0 Å². The first-order valence-electron chi connectivity index (χ1n) is 5.09. The lowest BCUT2D eigenvalue weighted by Gasteiger charge is -2.30. The van der Waals surface area contributed by atoms with Crippen molar-refractivity contribution in [2.24, 2.45) is 0 Å². The topological polar surface area (TPSA) is 12.5 Å². The molecule has 88 valence electrons. The van der Waals surface area contributed by atoms with Crippen LogP contribution >= 0.6 is 15.9 Å². The first-order valence-corrected chi connectivity index (χ1v) is 5.88. The van der Waals surface area contributed by atoms with E-state index < -0.39 is 6.43 Å². The number of benzene rings is 1. The summed E-state index contributed by atoms with van der Waals surface area (Å²) in [4.78, 5) is 1.94. The van der Waals surface area contributed by atoms with Crippen LogP contribution in [0.5, 0.6) is 0 Å².